The van der Waals surface area contributed by atoms with Crippen LogP contribution in [0.3, 0.4) is 0 Å². The lowest BCUT2D eigenvalue weighted by Crippen LogP contribution is -2.13. The van der Waals surface area contributed by atoms with Crippen molar-refractivity contribution >= 4 is 28.1 Å². The molecule has 2 rings (SSSR count). The molecule has 2 aromatic heterocycles. The van der Waals surface area contributed by atoms with E-state index in [2.05, 4.69) is 25.8 Å². The van der Waals surface area contributed by atoms with Crippen molar-refractivity contribution in [3.8, 4) is 0 Å². The molecule has 0 saturated carbocycles. The average Bonchev–Trinajstić information content (AvgIpc) is 2.82. The van der Waals surface area contributed by atoms with Crippen LogP contribution in [0.5, 0.6) is 0 Å². The highest BCUT2D eigenvalue weighted by molar-refractivity contribution is 7.13. The summed E-state index contributed by atoms with van der Waals surface area (Å²) in [5, 5.41) is 13.3. The predicted octanol–water partition coefficient (Wildman–Crippen LogP) is 1.23. The maximum Gasteiger partial charge on any atom is 0.276 e. The summed E-state index contributed by atoms with van der Waals surface area (Å²) >= 11 is 1.26. The van der Waals surface area contributed by atoms with Gasteiger partial charge in [0.2, 0.25) is 5.13 Å². The van der Waals surface area contributed by atoms with Gasteiger partial charge in [-0.15, -0.1) is 10.2 Å². The van der Waals surface area contributed by atoms with E-state index in [0.717, 1.165) is 5.69 Å². The Balaban J connectivity index is 2.14. The van der Waals surface area contributed by atoms with E-state index in [1.165, 1.54) is 11.3 Å². The molecule has 7 heteroatoms. The lowest BCUT2D eigenvalue weighted by molar-refractivity contribution is 0.102. The molecule has 0 aliphatic carbocycles. The molecule has 16 heavy (non-hydrogen) atoms. The molecule has 0 aliphatic rings. The Labute approximate surface area is 95.7 Å². The van der Waals surface area contributed by atoms with Gasteiger partial charge in [-0.3, -0.25) is 15.1 Å². The van der Waals surface area contributed by atoms with E-state index in [1.54, 1.807) is 30.9 Å². The van der Waals surface area contributed by atoms with Crippen molar-refractivity contribution in [3.05, 3.63) is 29.5 Å². The number of carbonyl (C=O) groups is 1. The van der Waals surface area contributed by atoms with Crippen LogP contribution < -0.4 is 10.6 Å². The standard InChI is InChI=1S/C9H9N5OS/c1-10-6-2-3-11-7(4-6)8(15)13-9-14-12-5-16-9/h2-5H,1H3,(H,10,11)(H,13,14,15). The average molecular weight is 235 g/mol. The van der Waals surface area contributed by atoms with E-state index in [0.29, 0.717) is 10.8 Å². The number of rotatable bonds is 3. The van der Waals surface area contributed by atoms with Gasteiger partial charge in [-0.05, 0) is 12.1 Å². The summed E-state index contributed by atoms with van der Waals surface area (Å²) < 4.78 is 0. The van der Waals surface area contributed by atoms with Crippen molar-refractivity contribution < 1.29 is 4.79 Å². The molecule has 0 spiro atoms. The van der Waals surface area contributed by atoms with Gasteiger partial charge in [0.15, 0.2) is 0 Å². The molecule has 0 atom stereocenters. The molecular weight excluding hydrogens is 226 g/mol. The molecule has 82 valence electrons. The van der Waals surface area contributed by atoms with Crippen LogP contribution in [0.25, 0.3) is 0 Å². The van der Waals surface area contributed by atoms with E-state index in [9.17, 15) is 4.79 Å². The second-order valence-electron chi connectivity index (χ2n) is 2.88. The SMILES string of the molecule is CNc1ccnc(C(=O)Nc2nncs2)c1. The minimum atomic E-state index is -0.297. The fourth-order valence-corrected chi connectivity index (χ4v) is 1.54. The van der Waals surface area contributed by atoms with E-state index in [1.807, 2.05) is 0 Å². The van der Waals surface area contributed by atoms with Crippen LogP contribution >= 0.6 is 11.3 Å². The fraction of sp³-hybridized carbons (Fsp3) is 0.111. The van der Waals surface area contributed by atoms with Crippen LogP contribution in [0.1, 0.15) is 10.5 Å². The third-order valence-corrected chi connectivity index (χ3v) is 2.47. The Morgan fingerprint density at radius 3 is 3.06 bits per heavy atom. The second-order valence-corrected chi connectivity index (χ2v) is 3.71. The molecule has 0 radical (unpaired) electrons. The van der Waals surface area contributed by atoms with Gasteiger partial charge in [0.1, 0.15) is 11.2 Å². The summed E-state index contributed by atoms with van der Waals surface area (Å²) in [4.78, 5) is 15.7. The smallest absolute Gasteiger partial charge is 0.276 e. The van der Waals surface area contributed by atoms with Gasteiger partial charge in [-0.25, -0.2) is 0 Å². The minimum absolute atomic E-state index is 0.297. The Kier molecular flexibility index (Phi) is 3.06. The maximum absolute atomic E-state index is 11.7. The molecular formula is C9H9N5OS. The van der Waals surface area contributed by atoms with Gasteiger partial charge in [0.05, 0.1) is 0 Å². The number of pyridine rings is 1. The largest absolute Gasteiger partial charge is 0.388 e. The summed E-state index contributed by atoms with van der Waals surface area (Å²) in [7, 11) is 1.78. The molecule has 0 aromatic carbocycles. The predicted molar refractivity (Wildman–Crippen MR) is 61.6 cm³/mol. The number of hydrogen-bond donors (Lipinski definition) is 2. The minimum Gasteiger partial charge on any atom is -0.388 e. The number of amides is 1. The van der Waals surface area contributed by atoms with Crippen LogP contribution in [0.4, 0.5) is 10.8 Å². The third kappa shape index (κ3) is 2.31. The Morgan fingerprint density at radius 1 is 1.50 bits per heavy atom. The van der Waals surface area contributed by atoms with Crippen molar-refractivity contribution in [2.24, 2.45) is 0 Å². The molecule has 2 heterocycles. The molecule has 0 fully saturated rings. The van der Waals surface area contributed by atoms with Crippen molar-refractivity contribution in [1.29, 1.82) is 0 Å². The number of nitrogens with one attached hydrogen (secondary N) is 2. The van der Waals surface area contributed by atoms with Crippen molar-refractivity contribution in [3.63, 3.8) is 0 Å². The summed E-state index contributed by atoms with van der Waals surface area (Å²) in [5.41, 5.74) is 2.71. The second kappa shape index (κ2) is 4.67. The van der Waals surface area contributed by atoms with Gasteiger partial charge >= 0.3 is 0 Å². The Bertz CT molecular complexity index is 484. The van der Waals surface area contributed by atoms with E-state index < -0.39 is 0 Å². The van der Waals surface area contributed by atoms with Crippen molar-refractivity contribution in [1.82, 2.24) is 15.2 Å². The fourth-order valence-electron chi connectivity index (χ4n) is 1.10. The lowest BCUT2D eigenvalue weighted by atomic mass is 10.3. The first-order valence-electron chi connectivity index (χ1n) is 4.51. The van der Waals surface area contributed by atoms with Crippen LogP contribution in [-0.2, 0) is 0 Å². The zero-order valence-corrected chi connectivity index (χ0v) is 9.28. The first kappa shape index (κ1) is 10.5. The van der Waals surface area contributed by atoms with Crippen molar-refractivity contribution in [2.75, 3.05) is 17.7 Å². The summed E-state index contributed by atoms with van der Waals surface area (Å²) in [6, 6.07) is 3.44. The quantitative estimate of drug-likeness (QED) is 0.836. The summed E-state index contributed by atoms with van der Waals surface area (Å²) in [6.07, 6.45) is 1.57. The maximum atomic E-state index is 11.7. The number of anilines is 2. The van der Waals surface area contributed by atoms with Crippen LogP contribution in [0.2, 0.25) is 0 Å². The zero-order chi connectivity index (χ0) is 11.4. The molecule has 0 aliphatic heterocycles. The summed E-state index contributed by atoms with van der Waals surface area (Å²) in [5.74, 6) is -0.297. The molecule has 2 aromatic rings. The first-order chi connectivity index (χ1) is 7.79. The molecule has 2 N–H and O–H groups in total. The van der Waals surface area contributed by atoms with Crippen molar-refractivity contribution in [2.45, 2.75) is 0 Å². The number of hydrogen-bond acceptors (Lipinski definition) is 6. The number of carbonyl (C=O) groups excluding carboxylic acids is 1. The van der Waals surface area contributed by atoms with E-state index >= 15 is 0 Å². The van der Waals surface area contributed by atoms with E-state index in [-0.39, 0.29) is 5.91 Å². The van der Waals surface area contributed by atoms with Crippen LogP contribution in [0, 0.1) is 0 Å². The highest BCUT2D eigenvalue weighted by Gasteiger charge is 2.09. The number of aromatic nitrogens is 3. The highest BCUT2D eigenvalue weighted by atomic mass is 32.1. The van der Waals surface area contributed by atoms with E-state index in [4.69, 9.17) is 0 Å². The monoisotopic (exact) mass is 235 g/mol. The van der Waals surface area contributed by atoms with Gasteiger partial charge < -0.3 is 5.32 Å². The first-order valence-corrected chi connectivity index (χ1v) is 5.39. The molecule has 0 bridgehead atoms. The van der Waals surface area contributed by atoms with Gasteiger partial charge in [-0.2, -0.15) is 0 Å². The van der Waals surface area contributed by atoms with Crippen LogP contribution in [-0.4, -0.2) is 28.1 Å². The molecule has 0 unspecified atom stereocenters. The topological polar surface area (TPSA) is 79.8 Å². The normalized spacial score (nSPS) is 9.81. The number of nitrogens with zero attached hydrogens (tertiary/aromatic N) is 3. The summed E-state index contributed by atoms with van der Waals surface area (Å²) in [6.45, 7) is 0. The molecule has 0 saturated heterocycles. The van der Waals surface area contributed by atoms with Gasteiger partial charge in [0, 0.05) is 18.9 Å². The third-order valence-electron chi connectivity index (χ3n) is 1.86. The Hall–Kier alpha value is -2.02. The molecule has 6 nitrogen and oxygen atoms in total. The zero-order valence-electron chi connectivity index (χ0n) is 8.47. The lowest BCUT2D eigenvalue weighted by Gasteiger charge is -2.03. The van der Waals surface area contributed by atoms with Gasteiger partial charge in [-0.1, -0.05) is 11.3 Å². The molecule has 1 amide bonds. The Morgan fingerprint density at radius 2 is 2.38 bits per heavy atom. The van der Waals surface area contributed by atoms with Crippen LogP contribution in [0.15, 0.2) is 23.8 Å². The van der Waals surface area contributed by atoms with Gasteiger partial charge in [0.25, 0.3) is 5.91 Å². The highest BCUT2D eigenvalue weighted by Crippen LogP contribution is 2.11.